The van der Waals surface area contributed by atoms with Crippen molar-refractivity contribution in [3.63, 3.8) is 0 Å². The fourth-order valence-electron chi connectivity index (χ4n) is 1.72. The number of hydrogen-bond acceptors (Lipinski definition) is 2. The number of nitrogens with one attached hydrogen (secondary N) is 1. The molecule has 1 heterocycles. The van der Waals surface area contributed by atoms with Crippen LogP contribution in [0.15, 0.2) is 0 Å². The summed E-state index contributed by atoms with van der Waals surface area (Å²) in [5, 5.41) is 3.13. The predicted molar refractivity (Wildman–Crippen MR) is 47.6 cm³/mol. The molecule has 0 spiro atoms. The van der Waals surface area contributed by atoms with Gasteiger partial charge in [-0.1, -0.05) is 0 Å². The standard InChI is InChI=1S/C7H15BF3N2.K/c1-13(6-8(9,10)11)7-2-4-12-5-3-7;/h7,12H,2-6H2,1H3;/q-1;+1. The molecule has 1 N–H and O–H groups in total. The average Bonchev–Trinajstić information content (AvgIpc) is 2.03. The van der Waals surface area contributed by atoms with Crippen LogP contribution in [0.5, 0.6) is 0 Å². The number of hydrogen-bond donors (Lipinski definition) is 1. The Morgan fingerprint density at radius 3 is 2.21 bits per heavy atom. The van der Waals surface area contributed by atoms with Gasteiger partial charge in [0.1, 0.15) is 0 Å². The van der Waals surface area contributed by atoms with Gasteiger partial charge in [-0.2, -0.15) is 0 Å². The fourth-order valence-corrected chi connectivity index (χ4v) is 1.72. The van der Waals surface area contributed by atoms with E-state index < -0.39 is 13.4 Å². The SMILES string of the molecule is CN(C[B-](F)(F)F)C1CCNCC1.[K+]. The van der Waals surface area contributed by atoms with Crippen molar-refractivity contribution in [3.8, 4) is 0 Å². The molecule has 1 fully saturated rings. The van der Waals surface area contributed by atoms with Crippen LogP contribution in [-0.4, -0.2) is 44.5 Å². The Bertz CT molecular complexity index is 162. The third-order valence-electron chi connectivity index (χ3n) is 2.43. The molecule has 1 rings (SSSR count). The molecule has 1 saturated heterocycles. The second-order valence-electron chi connectivity index (χ2n) is 3.63. The zero-order chi connectivity index (χ0) is 9.90. The Morgan fingerprint density at radius 1 is 1.29 bits per heavy atom. The van der Waals surface area contributed by atoms with Gasteiger partial charge in [0.05, 0.1) is 0 Å². The van der Waals surface area contributed by atoms with Crippen LogP contribution < -0.4 is 56.7 Å². The summed E-state index contributed by atoms with van der Waals surface area (Å²) >= 11 is 0. The van der Waals surface area contributed by atoms with Crippen LogP contribution in [0, 0.1) is 0 Å². The van der Waals surface area contributed by atoms with Gasteiger partial charge in [0.15, 0.2) is 0 Å². The molecule has 0 aliphatic carbocycles. The minimum atomic E-state index is -4.67. The molecular weight excluding hydrogens is 219 g/mol. The topological polar surface area (TPSA) is 15.3 Å². The van der Waals surface area contributed by atoms with Crippen molar-refractivity contribution < 1.29 is 64.3 Å². The maximum Gasteiger partial charge on any atom is 1.00 e. The van der Waals surface area contributed by atoms with Gasteiger partial charge >= 0.3 is 58.4 Å². The van der Waals surface area contributed by atoms with E-state index in [2.05, 4.69) is 5.32 Å². The molecule has 78 valence electrons. The van der Waals surface area contributed by atoms with Gasteiger partial charge < -0.3 is 23.2 Å². The summed E-state index contributed by atoms with van der Waals surface area (Å²) in [5.41, 5.74) is 0. The Morgan fingerprint density at radius 2 is 1.79 bits per heavy atom. The van der Waals surface area contributed by atoms with E-state index in [1.165, 1.54) is 4.90 Å². The summed E-state index contributed by atoms with van der Waals surface area (Å²) in [6.45, 7) is -3.00. The van der Waals surface area contributed by atoms with E-state index in [4.69, 9.17) is 0 Å². The van der Waals surface area contributed by atoms with E-state index in [1.54, 1.807) is 7.05 Å². The smallest absolute Gasteiger partial charge is 0.448 e. The van der Waals surface area contributed by atoms with Crippen LogP contribution in [-0.2, 0) is 0 Å². The minimum absolute atomic E-state index is 0. The first-order valence-electron chi connectivity index (χ1n) is 4.61. The molecule has 0 amide bonds. The van der Waals surface area contributed by atoms with Crippen molar-refractivity contribution in [1.29, 1.82) is 0 Å². The molecule has 0 aromatic rings. The minimum Gasteiger partial charge on any atom is -0.448 e. The van der Waals surface area contributed by atoms with Gasteiger partial charge in [0.25, 0.3) is 0 Å². The third kappa shape index (κ3) is 6.09. The molecule has 0 atom stereocenters. The first kappa shape index (κ1) is 15.4. The van der Waals surface area contributed by atoms with Gasteiger partial charge in [-0.3, -0.25) is 0 Å². The van der Waals surface area contributed by atoms with Crippen LogP contribution in [0.25, 0.3) is 0 Å². The summed E-state index contributed by atoms with van der Waals surface area (Å²) < 4.78 is 36.2. The van der Waals surface area contributed by atoms with Crippen LogP contribution in [0.1, 0.15) is 12.8 Å². The van der Waals surface area contributed by atoms with Crippen molar-refractivity contribution in [1.82, 2.24) is 10.2 Å². The van der Waals surface area contributed by atoms with Crippen molar-refractivity contribution in [2.24, 2.45) is 0 Å². The Labute approximate surface area is 125 Å². The summed E-state index contributed by atoms with van der Waals surface area (Å²) in [6.07, 6.45) is 0.913. The van der Waals surface area contributed by atoms with Gasteiger partial charge in [0.2, 0.25) is 0 Å². The van der Waals surface area contributed by atoms with Crippen LogP contribution >= 0.6 is 0 Å². The summed E-state index contributed by atoms with van der Waals surface area (Å²) in [4.78, 5) is 1.43. The largest absolute Gasteiger partial charge is 1.00 e. The zero-order valence-corrected chi connectivity index (χ0v) is 11.9. The predicted octanol–water partition coefficient (Wildman–Crippen LogP) is -1.94. The fraction of sp³-hybridized carbons (Fsp3) is 1.00. The molecule has 0 bridgehead atoms. The zero-order valence-electron chi connectivity index (χ0n) is 8.77. The summed E-state index contributed by atoms with van der Waals surface area (Å²) in [7, 11) is 1.56. The molecule has 7 heteroatoms. The maximum absolute atomic E-state index is 12.1. The first-order chi connectivity index (χ1) is 5.99. The molecule has 1 aliphatic rings. The number of halogens is 3. The van der Waals surface area contributed by atoms with Crippen LogP contribution in [0.3, 0.4) is 0 Å². The second kappa shape index (κ2) is 6.88. The normalized spacial score (nSPS) is 19.5. The van der Waals surface area contributed by atoms with E-state index >= 15 is 0 Å². The van der Waals surface area contributed by atoms with Crippen molar-refractivity contribution in [3.05, 3.63) is 0 Å². The Kier molecular flexibility index (Phi) is 7.57. The molecule has 0 aromatic heterocycles. The van der Waals surface area contributed by atoms with Crippen LogP contribution in [0.2, 0.25) is 0 Å². The number of nitrogens with zero attached hydrogens (tertiary/aromatic N) is 1. The molecule has 0 aromatic carbocycles. The van der Waals surface area contributed by atoms with Gasteiger partial charge in [-0.05, 0) is 39.4 Å². The molecule has 0 radical (unpaired) electrons. The van der Waals surface area contributed by atoms with Crippen molar-refractivity contribution in [2.45, 2.75) is 18.9 Å². The number of piperidine rings is 1. The van der Waals surface area contributed by atoms with Gasteiger partial charge in [0, 0.05) is 6.04 Å². The average molecular weight is 234 g/mol. The summed E-state index contributed by atoms with van der Waals surface area (Å²) in [5.74, 6) is 0. The van der Waals surface area contributed by atoms with Crippen molar-refractivity contribution >= 4 is 6.98 Å². The quantitative estimate of drug-likeness (QED) is 0.572. The molecular formula is C7H15BF3KN2. The van der Waals surface area contributed by atoms with Gasteiger partial charge in [-0.25, -0.2) is 0 Å². The van der Waals surface area contributed by atoms with Crippen LogP contribution in [0.4, 0.5) is 12.9 Å². The van der Waals surface area contributed by atoms with E-state index in [0.29, 0.717) is 0 Å². The van der Waals surface area contributed by atoms with E-state index in [9.17, 15) is 12.9 Å². The first-order valence-corrected chi connectivity index (χ1v) is 4.61. The third-order valence-corrected chi connectivity index (χ3v) is 2.43. The van der Waals surface area contributed by atoms with Crippen molar-refractivity contribution in [2.75, 3.05) is 26.6 Å². The maximum atomic E-state index is 12.1. The summed E-state index contributed by atoms with van der Waals surface area (Å²) in [6, 6.07) is 0.102. The molecule has 1 aliphatic heterocycles. The molecule has 14 heavy (non-hydrogen) atoms. The van der Waals surface area contributed by atoms with Gasteiger partial charge in [-0.15, -0.1) is 0 Å². The Balaban J connectivity index is 0.00000169. The molecule has 0 saturated carbocycles. The monoisotopic (exact) mass is 234 g/mol. The second-order valence-corrected chi connectivity index (χ2v) is 3.63. The molecule has 2 nitrogen and oxygen atoms in total. The van der Waals surface area contributed by atoms with E-state index in [0.717, 1.165) is 25.9 Å². The number of rotatable bonds is 3. The van der Waals surface area contributed by atoms with E-state index in [1.807, 2.05) is 0 Å². The Hall–Kier alpha value is 1.41. The van der Waals surface area contributed by atoms with E-state index in [-0.39, 0.29) is 57.4 Å². The molecule has 0 unspecified atom stereocenters.